The molecular formula is C20H37. The lowest BCUT2D eigenvalue weighted by atomic mass is 10.1. The van der Waals surface area contributed by atoms with E-state index in [1.807, 2.05) is 0 Å². The lowest BCUT2D eigenvalue weighted by Gasteiger charge is -1.98. The topological polar surface area (TPSA) is 0 Å². The van der Waals surface area contributed by atoms with Gasteiger partial charge in [-0.2, -0.15) is 0 Å². The number of hydrogen-bond acceptors (Lipinski definition) is 0. The molecule has 1 radical (unpaired) electrons. The van der Waals surface area contributed by atoms with E-state index in [0.717, 1.165) is 12.8 Å². The van der Waals surface area contributed by atoms with Crippen molar-refractivity contribution in [1.82, 2.24) is 0 Å². The van der Waals surface area contributed by atoms with Gasteiger partial charge in [0.25, 0.3) is 0 Å². The van der Waals surface area contributed by atoms with Gasteiger partial charge in [0, 0.05) is 0 Å². The molecule has 0 nitrogen and oxygen atoms in total. The van der Waals surface area contributed by atoms with E-state index in [9.17, 15) is 0 Å². The first-order valence-electron chi connectivity index (χ1n) is 9.01. The lowest BCUT2D eigenvalue weighted by Crippen LogP contribution is -1.78. The van der Waals surface area contributed by atoms with Crippen LogP contribution in [0.2, 0.25) is 0 Å². The second kappa shape index (κ2) is 18.5. The van der Waals surface area contributed by atoms with Crippen LogP contribution in [-0.2, 0) is 0 Å². The molecule has 20 heavy (non-hydrogen) atoms. The Morgan fingerprint density at radius 3 is 1.65 bits per heavy atom. The van der Waals surface area contributed by atoms with E-state index in [1.165, 1.54) is 77.0 Å². The molecule has 0 heterocycles. The maximum atomic E-state index is 3.87. The summed E-state index contributed by atoms with van der Waals surface area (Å²) in [5.41, 5.74) is 0. The van der Waals surface area contributed by atoms with Gasteiger partial charge in [-0.05, 0) is 32.1 Å². The minimum absolute atomic E-state index is 1.09. The zero-order valence-corrected chi connectivity index (χ0v) is 13.9. The van der Waals surface area contributed by atoms with Gasteiger partial charge in [-0.1, -0.05) is 95.9 Å². The summed E-state index contributed by atoms with van der Waals surface area (Å²) in [4.78, 5) is 0. The predicted molar refractivity (Wildman–Crippen MR) is 93.9 cm³/mol. The lowest BCUT2D eigenvalue weighted by molar-refractivity contribution is 0.592. The van der Waals surface area contributed by atoms with Crippen LogP contribution in [0.4, 0.5) is 0 Å². The fourth-order valence-electron chi connectivity index (χ4n) is 2.34. The van der Waals surface area contributed by atoms with E-state index in [2.05, 4.69) is 38.2 Å². The van der Waals surface area contributed by atoms with Crippen LogP contribution in [0.5, 0.6) is 0 Å². The van der Waals surface area contributed by atoms with Crippen molar-refractivity contribution in [3.63, 3.8) is 0 Å². The van der Waals surface area contributed by atoms with Gasteiger partial charge in [0.1, 0.15) is 0 Å². The molecule has 0 bridgehead atoms. The molecule has 0 aromatic heterocycles. The average molecular weight is 278 g/mol. The first-order valence-corrected chi connectivity index (χ1v) is 9.01. The first-order chi connectivity index (χ1) is 9.91. The number of hydrogen-bond donors (Lipinski definition) is 0. The van der Waals surface area contributed by atoms with Gasteiger partial charge >= 0.3 is 0 Å². The third-order valence-corrected chi connectivity index (χ3v) is 3.70. The third kappa shape index (κ3) is 17.5. The minimum atomic E-state index is 1.09. The molecule has 0 aliphatic rings. The third-order valence-electron chi connectivity index (χ3n) is 3.70. The standard InChI is InChI=1S/C20H37/c1-3-5-7-9-11-13-15-17-19-20-18-16-14-12-10-8-6-4-2/h13,15,19-20H,1,3-12,14,16-18H2,2H3. The quantitative estimate of drug-likeness (QED) is 0.216. The Hall–Kier alpha value is -0.520. The van der Waals surface area contributed by atoms with E-state index >= 15 is 0 Å². The monoisotopic (exact) mass is 277 g/mol. The van der Waals surface area contributed by atoms with Crippen molar-refractivity contribution in [2.75, 3.05) is 0 Å². The highest BCUT2D eigenvalue weighted by Crippen LogP contribution is 2.09. The molecule has 117 valence electrons. The van der Waals surface area contributed by atoms with Gasteiger partial charge in [0.2, 0.25) is 0 Å². The summed E-state index contributed by atoms with van der Waals surface area (Å²) in [6, 6.07) is 0. The van der Waals surface area contributed by atoms with Gasteiger partial charge in [-0.25, -0.2) is 0 Å². The van der Waals surface area contributed by atoms with Gasteiger partial charge in [0.15, 0.2) is 0 Å². The molecule has 0 amide bonds. The average Bonchev–Trinajstić information content (AvgIpc) is 2.47. The molecule has 0 unspecified atom stereocenters. The Balaban J connectivity index is 3.13. The molecule has 0 saturated carbocycles. The van der Waals surface area contributed by atoms with E-state index in [-0.39, 0.29) is 0 Å². The molecule has 0 N–H and O–H groups in total. The molecule has 0 aliphatic carbocycles. The second-order valence-electron chi connectivity index (χ2n) is 5.79. The van der Waals surface area contributed by atoms with Gasteiger partial charge in [-0.3, -0.25) is 0 Å². The molecule has 0 aromatic rings. The molecule has 0 spiro atoms. The highest BCUT2D eigenvalue weighted by Gasteiger charge is 1.89. The maximum Gasteiger partial charge on any atom is -0.0169 e. The van der Waals surface area contributed by atoms with Crippen LogP contribution in [0.3, 0.4) is 0 Å². The largest absolute Gasteiger partial charge is 0.0882 e. The van der Waals surface area contributed by atoms with Crippen LogP contribution < -0.4 is 0 Å². The maximum absolute atomic E-state index is 3.87. The van der Waals surface area contributed by atoms with E-state index in [0.29, 0.717) is 0 Å². The number of unbranched alkanes of at least 4 members (excludes halogenated alkanes) is 11. The van der Waals surface area contributed by atoms with Gasteiger partial charge in [-0.15, -0.1) is 0 Å². The Morgan fingerprint density at radius 2 is 1.10 bits per heavy atom. The van der Waals surface area contributed by atoms with Crippen molar-refractivity contribution < 1.29 is 0 Å². The molecule has 0 atom stereocenters. The van der Waals surface area contributed by atoms with Crippen LogP contribution in [-0.4, -0.2) is 0 Å². The summed E-state index contributed by atoms with van der Waals surface area (Å²) in [7, 11) is 0. The fraction of sp³-hybridized carbons (Fsp3) is 0.750. The molecule has 0 heteroatoms. The summed E-state index contributed by atoms with van der Waals surface area (Å²) in [5.74, 6) is 0. The molecule has 0 fully saturated rings. The zero-order chi connectivity index (χ0) is 14.7. The fourth-order valence-corrected chi connectivity index (χ4v) is 2.34. The van der Waals surface area contributed by atoms with Crippen molar-refractivity contribution >= 4 is 0 Å². The smallest absolute Gasteiger partial charge is 0.0169 e. The van der Waals surface area contributed by atoms with Crippen molar-refractivity contribution in [3.8, 4) is 0 Å². The van der Waals surface area contributed by atoms with E-state index in [1.54, 1.807) is 0 Å². The van der Waals surface area contributed by atoms with Crippen LogP contribution in [0.25, 0.3) is 0 Å². The summed E-state index contributed by atoms with van der Waals surface area (Å²) < 4.78 is 0. The molecule has 0 aliphatic heterocycles. The summed E-state index contributed by atoms with van der Waals surface area (Å²) in [6.07, 6.45) is 27.9. The van der Waals surface area contributed by atoms with Crippen molar-refractivity contribution in [3.05, 3.63) is 31.2 Å². The second-order valence-corrected chi connectivity index (χ2v) is 5.79. The van der Waals surface area contributed by atoms with Crippen LogP contribution in [0.15, 0.2) is 24.3 Å². The van der Waals surface area contributed by atoms with Gasteiger partial charge < -0.3 is 0 Å². The van der Waals surface area contributed by atoms with E-state index < -0.39 is 0 Å². The van der Waals surface area contributed by atoms with Crippen LogP contribution in [0.1, 0.15) is 96.8 Å². The molecule has 0 saturated heterocycles. The molecule has 0 rings (SSSR count). The number of rotatable bonds is 15. The van der Waals surface area contributed by atoms with Crippen molar-refractivity contribution in [2.24, 2.45) is 0 Å². The molecule has 0 aromatic carbocycles. The first kappa shape index (κ1) is 19.5. The Bertz CT molecular complexity index is 212. The highest BCUT2D eigenvalue weighted by molar-refractivity contribution is 4.92. The Morgan fingerprint density at radius 1 is 0.600 bits per heavy atom. The minimum Gasteiger partial charge on any atom is -0.0882 e. The van der Waals surface area contributed by atoms with Gasteiger partial charge in [0.05, 0.1) is 0 Å². The Kier molecular flexibility index (Phi) is 18.0. The SMILES string of the molecule is [CH2]CCCCCC=CCC=CCCCCCCCCC. The molecular weight excluding hydrogens is 240 g/mol. The normalized spacial score (nSPS) is 11.9. The zero-order valence-electron chi connectivity index (χ0n) is 13.9. The predicted octanol–water partition coefficient (Wildman–Crippen LogP) is 7.41. The number of allylic oxidation sites excluding steroid dienone is 4. The van der Waals surface area contributed by atoms with Crippen LogP contribution >= 0.6 is 0 Å². The Labute approximate surface area is 128 Å². The summed E-state index contributed by atoms with van der Waals surface area (Å²) >= 11 is 0. The van der Waals surface area contributed by atoms with Crippen LogP contribution in [0, 0.1) is 6.92 Å². The summed E-state index contributed by atoms with van der Waals surface area (Å²) in [5, 5.41) is 0. The van der Waals surface area contributed by atoms with E-state index in [4.69, 9.17) is 0 Å². The van der Waals surface area contributed by atoms with Crippen molar-refractivity contribution in [1.29, 1.82) is 0 Å². The highest BCUT2D eigenvalue weighted by atomic mass is 14.0. The van der Waals surface area contributed by atoms with Crippen molar-refractivity contribution in [2.45, 2.75) is 96.8 Å². The summed E-state index contributed by atoms with van der Waals surface area (Å²) in [6.45, 7) is 6.15.